The molecule has 0 aliphatic rings. The number of rotatable bonds is 5. The first-order valence-electron chi connectivity index (χ1n) is 6.26. The quantitative estimate of drug-likeness (QED) is 0.866. The highest BCUT2D eigenvalue weighted by atomic mass is 79.9. The zero-order valence-electron chi connectivity index (χ0n) is 10.6. The Kier molecular flexibility index (Phi) is 4.97. The average Bonchev–Trinajstić information content (AvgIpc) is 2.40. The lowest BCUT2D eigenvalue weighted by Crippen LogP contribution is -2.19. The van der Waals surface area contributed by atoms with Crippen molar-refractivity contribution in [2.45, 2.75) is 19.4 Å². The molecule has 0 amide bonds. The second-order valence-electron chi connectivity index (χ2n) is 4.54. The summed E-state index contributed by atoms with van der Waals surface area (Å²) >= 11 is 3.61. The molecule has 0 aromatic heterocycles. The topological polar surface area (TPSA) is 12.0 Å². The zero-order chi connectivity index (χ0) is 12.8. The third-order valence-electron chi connectivity index (χ3n) is 3.06. The molecule has 0 aliphatic carbocycles. The van der Waals surface area contributed by atoms with Crippen LogP contribution in [0, 0.1) is 0 Å². The zero-order valence-corrected chi connectivity index (χ0v) is 12.2. The molecule has 1 nitrogen and oxygen atoms in total. The van der Waals surface area contributed by atoms with Gasteiger partial charge in [-0.3, -0.25) is 0 Å². The highest BCUT2D eigenvalue weighted by molar-refractivity contribution is 9.10. The maximum absolute atomic E-state index is 3.61. The molecule has 0 bridgehead atoms. The summed E-state index contributed by atoms with van der Waals surface area (Å²) in [5.74, 6) is 0.504. The summed E-state index contributed by atoms with van der Waals surface area (Å²) in [7, 11) is 0. The van der Waals surface area contributed by atoms with Gasteiger partial charge in [0.2, 0.25) is 0 Å². The Morgan fingerprint density at radius 1 is 1.00 bits per heavy atom. The summed E-state index contributed by atoms with van der Waals surface area (Å²) in [5.41, 5.74) is 2.69. The lowest BCUT2D eigenvalue weighted by Gasteiger charge is -2.14. The molecule has 2 heteroatoms. The lowest BCUT2D eigenvalue weighted by atomic mass is 10.0. The van der Waals surface area contributed by atoms with Crippen LogP contribution in [0.25, 0.3) is 0 Å². The van der Waals surface area contributed by atoms with Gasteiger partial charge < -0.3 is 5.32 Å². The normalized spacial score (nSPS) is 12.3. The van der Waals surface area contributed by atoms with E-state index in [9.17, 15) is 0 Å². The predicted molar refractivity (Wildman–Crippen MR) is 80.7 cm³/mol. The molecule has 0 heterocycles. The minimum Gasteiger partial charge on any atom is -0.312 e. The number of benzene rings is 2. The Morgan fingerprint density at radius 3 is 2.39 bits per heavy atom. The first-order valence-corrected chi connectivity index (χ1v) is 7.05. The van der Waals surface area contributed by atoms with Crippen LogP contribution in [0.4, 0.5) is 0 Å². The molecule has 1 N–H and O–H groups in total. The summed E-state index contributed by atoms with van der Waals surface area (Å²) in [6, 6.07) is 18.9. The van der Waals surface area contributed by atoms with Gasteiger partial charge in [-0.25, -0.2) is 0 Å². The molecule has 0 saturated carbocycles. The smallest absolute Gasteiger partial charge is 0.0210 e. The fourth-order valence-corrected chi connectivity index (χ4v) is 2.69. The van der Waals surface area contributed by atoms with E-state index in [0.29, 0.717) is 5.92 Å². The van der Waals surface area contributed by atoms with Gasteiger partial charge in [0, 0.05) is 17.6 Å². The van der Waals surface area contributed by atoms with Gasteiger partial charge in [-0.05, 0) is 23.1 Å². The highest BCUT2D eigenvalue weighted by Gasteiger charge is 2.07. The van der Waals surface area contributed by atoms with E-state index in [2.05, 4.69) is 76.7 Å². The third-order valence-corrected chi connectivity index (χ3v) is 3.78. The number of nitrogens with one attached hydrogen (secondary N) is 1. The predicted octanol–water partition coefficient (Wildman–Crippen LogP) is 4.34. The molecule has 2 rings (SSSR count). The van der Waals surface area contributed by atoms with E-state index < -0.39 is 0 Å². The van der Waals surface area contributed by atoms with Crippen LogP contribution in [0.5, 0.6) is 0 Å². The van der Waals surface area contributed by atoms with Crippen molar-refractivity contribution in [2.24, 2.45) is 0 Å². The summed E-state index contributed by atoms with van der Waals surface area (Å²) < 4.78 is 1.19. The van der Waals surface area contributed by atoms with Crippen LogP contribution in [0.3, 0.4) is 0 Å². The second kappa shape index (κ2) is 6.72. The second-order valence-corrected chi connectivity index (χ2v) is 5.39. The molecule has 1 atom stereocenters. The van der Waals surface area contributed by atoms with E-state index in [1.54, 1.807) is 0 Å². The molecule has 0 spiro atoms. The van der Waals surface area contributed by atoms with Crippen molar-refractivity contribution in [3.63, 3.8) is 0 Å². The first kappa shape index (κ1) is 13.3. The molecular formula is C16H18BrN. The Hall–Kier alpha value is -1.12. The van der Waals surface area contributed by atoms with E-state index in [0.717, 1.165) is 13.1 Å². The monoisotopic (exact) mass is 303 g/mol. The van der Waals surface area contributed by atoms with E-state index >= 15 is 0 Å². The van der Waals surface area contributed by atoms with Crippen molar-refractivity contribution < 1.29 is 0 Å². The summed E-state index contributed by atoms with van der Waals surface area (Å²) in [4.78, 5) is 0. The molecule has 0 radical (unpaired) electrons. The molecule has 0 fully saturated rings. The molecule has 2 aromatic carbocycles. The number of halogens is 1. The lowest BCUT2D eigenvalue weighted by molar-refractivity contribution is 0.614. The summed E-state index contributed by atoms with van der Waals surface area (Å²) in [6.45, 7) is 4.16. The van der Waals surface area contributed by atoms with Crippen molar-refractivity contribution in [1.29, 1.82) is 0 Å². The van der Waals surface area contributed by atoms with Crippen LogP contribution < -0.4 is 5.32 Å². The molecule has 94 valence electrons. The van der Waals surface area contributed by atoms with Gasteiger partial charge in [-0.2, -0.15) is 0 Å². The van der Waals surface area contributed by atoms with Crippen molar-refractivity contribution in [3.8, 4) is 0 Å². The minimum atomic E-state index is 0.504. The van der Waals surface area contributed by atoms with Gasteiger partial charge in [0.25, 0.3) is 0 Å². The summed E-state index contributed by atoms with van der Waals surface area (Å²) in [6.07, 6.45) is 0. The van der Waals surface area contributed by atoms with Crippen molar-refractivity contribution in [2.75, 3.05) is 6.54 Å². The fourth-order valence-electron chi connectivity index (χ4n) is 2.01. The Bertz CT molecular complexity index is 481. The van der Waals surface area contributed by atoms with E-state index in [4.69, 9.17) is 0 Å². The van der Waals surface area contributed by atoms with Crippen LogP contribution >= 0.6 is 15.9 Å². The van der Waals surface area contributed by atoms with Crippen LogP contribution in [-0.2, 0) is 6.54 Å². The number of hydrogen-bond acceptors (Lipinski definition) is 1. The van der Waals surface area contributed by atoms with E-state index in [-0.39, 0.29) is 0 Å². The van der Waals surface area contributed by atoms with Crippen molar-refractivity contribution in [1.82, 2.24) is 5.32 Å². The van der Waals surface area contributed by atoms with E-state index in [1.807, 2.05) is 6.07 Å². The van der Waals surface area contributed by atoms with Crippen molar-refractivity contribution in [3.05, 3.63) is 70.2 Å². The third kappa shape index (κ3) is 3.69. The standard InChI is InChI=1S/C16H18BrN/c1-13(15-9-5-6-10-16(15)17)11-18-12-14-7-3-2-4-8-14/h2-10,13,18H,11-12H2,1H3. The maximum Gasteiger partial charge on any atom is 0.0210 e. The summed E-state index contributed by atoms with van der Waals surface area (Å²) in [5, 5.41) is 3.51. The van der Waals surface area contributed by atoms with Crippen molar-refractivity contribution >= 4 is 15.9 Å². The fraction of sp³-hybridized carbons (Fsp3) is 0.250. The molecule has 0 saturated heterocycles. The average molecular weight is 304 g/mol. The van der Waals surface area contributed by atoms with Gasteiger partial charge in [-0.15, -0.1) is 0 Å². The SMILES string of the molecule is CC(CNCc1ccccc1)c1ccccc1Br. The molecule has 2 aromatic rings. The van der Waals surface area contributed by atoms with Crippen LogP contribution in [0.2, 0.25) is 0 Å². The van der Waals surface area contributed by atoms with Gasteiger partial charge in [0.15, 0.2) is 0 Å². The van der Waals surface area contributed by atoms with Gasteiger partial charge in [0.1, 0.15) is 0 Å². The maximum atomic E-state index is 3.61. The van der Waals surface area contributed by atoms with E-state index in [1.165, 1.54) is 15.6 Å². The van der Waals surface area contributed by atoms with Crippen LogP contribution in [-0.4, -0.2) is 6.54 Å². The molecule has 18 heavy (non-hydrogen) atoms. The molecular weight excluding hydrogens is 286 g/mol. The largest absolute Gasteiger partial charge is 0.312 e. The first-order chi connectivity index (χ1) is 8.77. The van der Waals surface area contributed by atoms with Gasteiger partial charge in [0.05, 0.1) is 0 Å². The molecule has 0 aliphatic heterocycles. The number of hydrogen-bond donors (Lipinski definition) is 1. The Labute approximate surface area is 117 Å². The molecule has 1 unspecified atom stereocenters. The Balaban J connectivity index is 1.86. The van der Waals surface area contributed by atoms with Crippen LogP contribution in [0.1, 0.15) is 24.0 Å². The Morgan fingerprint density at radius 2 is 1.67 bits per heavy atom. The van der Waals surface area contributed by atoms with Gasteiger partial charge >= 0.3 is 0 Å². The minimum absolute atomic E-state index is 0.504. The van der Waals surface area contributed by atoms with Crippen LogP contribution in [0.15, 0.2) is 59.1 Å². The van der Waals surface area contributed by atoms with Gasteiger partial charge in [-0.1, -0.05) is 71.4 Å². The highest BCUT2D eigenvalue weighted by Crippen LogP contribution is 2.23.